The maximum absolute atomic E-state index is 13.0. The van der Waals surface area contributed by atoms with E-state index < -0.39 is 0 Å². The van der Waals surface area contributed by atoms with Crippen molar-refractivity contribution in [3.63, 3.8) is 0 Å². The Hall–Kier alpha value is -3.86. The maximum Gasteiger partial charge on any atom is 0.236 e. The van der Waals surface area contributed by atoms with Gasteiger partial charge in [0.25, 0.3) is 0 Å². The fraction of sp³-hybridized carbons (Fsp3) is 0.481. The number of fused-ring (bicyclic) bond motifs is 3. The van der Waals surface area contributed by atoms with E-state index in [9.17, 15) is 14.4 Å². The monoisotopic (exact) mass is 516 g/mol. The van der Waals surface area contributed by atoms with Crippen LogP contribution in [0.4, 0.5) is 17.5 Å². The van der Waals surface area contributed by atoms with Gasteiger partial charge in [-0.3, -0.25) is 14.4 Å². The minimum atomic E-state index is -0.100. The number of nitrogens with two attached hydrogens (primary N) is 1. The molecule has 11 nitrogen and oxygen atoms in total. The van der Waals surface area contributed by atoms with E-state index in [1.807, 2.05) is 17.0 Å². The molecule has 3 aromatic rings. The Kier molecular flexibility index (Phi) is 6.52. The summed E-state index contributed by atoms with van der Waals surface area (Å²) in [5, 5.41) is 3.99. The first kappa shape index (κ1) is 24.5. The number of anilines is 3. The zero-order valence-corrected chi connectivity index (χ0v) is 21.3. The molecule has 3 N–H and O–H groups in total. The number of pyridine rings is 1. The summed E-state index contributed by atoms with van der Waals surface area (Å²) in [4.78, 5) is 54.4. The standard InChI is InChI=1S/C27H32N8O3/c28-12-25(38)34-19-6-7-21(34)15-33(24(37)11-19)20-8-9-23(29-14-20)31-27-30-13-17-10-22(16-36)35(26(17)32-27)18-4-2-1-3-5-18/h8-10,13-14,16,18-19,21H,1-7,11-12,15,28H2,(H,29,30,31,32). The van der Waals surface area contributed by atoms with Crippen LogP contribution in [0, 0.1) is 0 Å². The van der Waals surface area contributed by atoms with E-state index in [1.165, 1.54) is 6.42 Å². The highest BCUT2D eigenvalue weighted by atomic mass is 16.2. The number of rotatable bonds is 6. The first-order valence-electron chi connectivity index (χ1n) is 13.4. The number of aromatic nitrogens is 4. The second kappa shape index (κ2) is 10.1. The molecule has 3 aromatic heterocycles. The average molecular weight is 517 g/mol. The fourth-order valence-corrected chi connectivity index (χ4v) is 6.36. The Morgan fingerprint density at radius 1 is 1.05 bits per heavy atom. The summed E-state index contributed by atoms with van der Waals surface area (Å²) in [6, 6.07) is 5.63. The topological polar surface area (TPSA) is 139 Å². The molecular formula is C27H32N8O3. The van der Waals surface area contributed by atoms with Crippen molar-refractivity contribution >= 4 is 46.6 Å². The quantitative estimate of drug-likeness (QED) is 0.477. The van der Waals surface area contributed by atoms with Crippen molar-refractivity contribution in [1.82, 2.24) is 24.4 Å². The molecule has 2 atom stereocenters. The molecular weight excluding hydrogens is 484 g/mol. The van der Waals surface area contributed by atoms with Gasteiger partial charge in [-0.25, -0.2) is 9.97 Å². The van der Waals surface area contributed by atoms with E-state index in [2.05, 4.69) is 19.9 Å². The minimum absolute atomic E-state index is 0.0160. The van der Waals surface area contributed by atoms with Gasteiger partial charge in [-0.15, -0.1) is 0 Å². The van der Waals surface area contributed by atoms with E-state index in [4.69, 9.17) is 10.7 Å². The van der Waals surface area contributed by atoms with Gasteiger partial charge >= 0.3 is 0 Å². The molecule has 38 heavy (non-hydrogen) atoms. The summed E-state index contributed by atoms with van der Waals surface area (Å²) in [5.41, 5.74) is 7.68. The molecule has 2 saturated heterocycles. The molecule has 0 spiro atoms. The Balaban J connectivity index is 1.21. The van der Waals surface area contributed by atoms with Crippen LogP contribution in [-0.4, -0.2) is 67.7 Å². The van der Waals surface area contributed by atoms with Crippen LogP contribution in [0.15, 0.2) is 30.6 Å². The van der Waals surface area contributed by atoms with E-state index in [0.29, 0.717) is 36.1 Å². The van der Waals surface area contributed by atoms with Gasteiger partial charge in [0.15, 0.2) is 6.29 Å². The third-order valence-electron chi connectivity index (χ3n) is 8.15. The van der Waals surface area contributed by atoms with Crippen LogP contribution in [0.1, 0.15) is 67.9 Å². The molecule has 5 heterocycles. The molecule has 2 unspecified atom stereocenters. The number of carbonyl (C=O) groups excluding carboxylic acids is 3. The lowest BCUT2D eigenvalue weighted by molar-refractivity contribution is -0.132. The summed E-state index contributed by atoms with van der Waals surface area (Å²) >= 11 is 0. The second-order valence-electron chi connectivity index (χ2n) is 10.4. The van der Waals surface area contributed by atoms with Gasteiger partial charge in [0, 0.05) is 36.6 Å². The van der Waals surface area contributed by atoms with E-state index in [-0.39, 0.29) is 36.5 Å². The summed E-state index contributed by atoms with van der Waals surface area (Å²) in [6.07, 6.45) is 11.9. The van der Waals surface area contributed by atoms with Crippen molar-refractivity contribution in [2.24, 2.45) is 5.73 Å². The van der Waals surface area contributed by atoms with Gasteiger partial charge in [0.1, 0.15) is 11.5 Å². The van der Waals surface area contributed by atoms with Crippen molar-refractivity contribution in [2.75, 3.05) is 23.3 Å². The SMILES string of the molecule is NCC(=O)N1C2CCC1CN(c1ccc(Nc3ncc4cc(C=O)n(C5CCCCC5)c4n3)nc1)C(=O)C2. The number of amides is 2. The largest absolute Gasteiger partial charge is 0.333 e. The van der Waals surface area contributed by atoms with E-state index in [0.717, 1.165) is 55.8 Å². The molecule has 198 valence electrons. The Morgan fingerprint density at radius 3 is 2.61 bits per heavy atom. The third kappa shape index (κ3) is 4.40. The highest BCUT2D eigenvalue weighted by molar-refractivity contribution is 5.95. The van der Waals surface area contributed by atoms with Crippen LogP contribution >= 0.6 is 0 Å². The van der Waals surface area contributed by atoms with Gasteiger partial charge < -0.3 is 25.4 Å². The summed E-state index contributed by atoms with van der Waals surface area (Å²) < 4.78 is 2.06. The Labute approximate surface area is 220 Å². The zero-order chi connectivity index (χ0) is 26.2. The van der Waals surface area contributed by atoms with Gasteiger partial charge in [0.2, 0.25) is 17.8 Å². The van der Waals surface area contributed by atoms with Crippen LogP contribution in [0.3, 0.4) is 0 Å². The van der Waals surface area contributed by atoms with Crippen LogP contribution in [0.5, 0.6) is 0 Å². The lowest BCUT2D eigenvalue weighted by Gasteiger charge is -2.28. The van der Waals surface area contributed by atoms with Crippen molar-refractivity contribution in [3.8, 4) is 0 Å². The molecule has 2 bridgehead atoms. The number of aldehydes is 1. The van der Waals surface area contributed by atoms with Crippen LogP contribution in [0.25, 0.3) is 11.0 Å². The van der Waals surface area contributed by atoms with Crippen molar-refractivity contribution in [2.45, 2.75) is 69.5 Å². The van der Waals surface area contributed by atoms with Crippen molar-refractivity contribution in [1.29, 1.82) is 0 Å². The van der Waals surface area contributed by atoms with Crippen LogP contribution < -0.4 is 16.0 Å². The highest BCUT2D eigenvalue weighted by Crippen LogP contribution is 2.34. The number of hydrogen-bond donors (Lipinski definition) is 2. The molecule has 1 aliphatic carbocycles. The lowest BCUT2D eigenvalue weighted by atomic mass is 9.95. The molecule has 0 aromatic carbocycles. The second-order valence-corrected chi connectivity index (χ2v) is 10.4. The molecule has 2 amide bonds. The van der Waals surface area contributed by atoms with Crippen molar-refractivity contribution < 1.29 is 14.4 Å². The maximum atomic E-state index is 13.0. The molecule has 1 saturated carbocycles. The zero-order valence-electron chi connectivity index (χ0n) is 21.3. The highest BCUT2D eigenvalue weighted by Gasteiger charge is 2.42. The molecule has 2 aliphatic heterocycles. The van der Waals surface area contributed by atoms with Crippen LogP contribution in [-0.2, 0) is 9.59 Å². The molecule has 3 aliphatic rings. The van der Waals surface area contributed by atoms with Gasteiger partial charge in [0.05, 0.1) is 30.2 Å². The molecule has 0 radical (unpaired) electrons. The molecule has 11 heteroatoms. The number of carbonyl (C=O) groups is 3. The Morgan fingerprint density at radius 2 is 1.87 bits per heavy atom. The first-order chi connectivity index (χ1) is 18.6. The number of nitrogens with zero attached hydrogens (tertiary/aromatic N) is 6. The minimum Gasteiger partial charge on any atom is -0.333 e. The molecule has 6 rings (SSSR count). The van der Waals surface area contributed by atoms with Gasteiger partial charge in [-0.05, 0) is 43.9 Å². The lowest BCUT2D eigenvalue weighted by Crippen LogP contribution is -2.45. The number of nitrogens with one attached hydrogen (secondary N) is 1. The normalized spacial score (nSPS) is 22.1. The molecule has 3 fully saturated rings. The Bertz CT molecular complexity index is 1360. The average Bonchev–Trinajstić information content (AvgIpc) is 3.48. The summed E-state index contributed by atoms with van der Waals surface area (Å²) in [6.45, 7) is 0.394. The summed E-state index contributed by atoms with van der Waals surface area (Å²) in [5.74, 6) is 0.821. The summed E-state index contributed by atoms with van der Waals surface area (Å²) in [7, 11) is 0. The predicted octanol–water partition coefficient (Wildman–Crippen LogP) is 2.94. The fourth-order valence-electron chi connectivity index (χ4n) is 6.36. The van der Waals surface area contributed by atoms with Gasteiger partial charge in [-0.1, -0.05) is 19.3 Å². The third-order valence-corrected chi connectivity index (χ3v) is 8.15. The van der Waals surface area contributed by atoms with Gasteiger partial charge in [-0.2, -0.15) is 4.98 Å². The predicted molar refractivity (Wildman–Crippen MR) is 142 cm³/mol. The van der Waals surface area contributed by atoms with Crippen LogP contribution in [0.2, 0.25) is 0 Å². The first-order valence-corrected chi connectivity index (χ1v) is 13.4. The van der Waals surface area contributed by atoms with E-state index in [1.54, 1.807) is 23.4 Å². The van der Waals surface area contributed by atoms with E-state index >= 15 is 0 Å². The number of hydrogen-bond acceptors (Lipinski definition) is 8. The van der Waals surface area contributed by atoms with Crippen molar-refractivity contribution in [3.05, 3.63) is 36.3 Å². The smallest absolute Gasteiger partial charge is 0.236 e.